The molecule has 2 heterocycles. The number of nitrogens with one attached hydrogen (secondary N) is 2. The Balaban J connectivity index is 1.51. The number of hydrogen-bond donors (Lipinski definition) is 2. The lowest BCUT2D eigenvalue weighted by Gasteiger charge is -2.08. The molecule has 23 heavy (non-hydrogen) atoms. The molecule has 0 bridgehead atoms. The van der Waals surface area contributed by atoms with Crippen LogP contribution in [-0.2, 0) is 11.3 Å². The van der Waals surface area contributed by atoms with E-state index >= 15 is 0 Å². The van der Waals surface area contributed by atoms with Crippen LogP contribution in [0.5, 0.6) is 0 Å². The van der Waals surface area contributed by atoms with Crippen molar-refractivity contribution in [3.8, 4) is 0 Å². The molecule has 2 N–H and O–H groups in total. The van der Waals surface area contributed by atoms with Crippen molar-refractivity contribution in [3.63, 3.8) is 0 Å². The summed E-state index contributed by atoms with van der Waals surface area (Å²) in [4.78, 5) is 20.5. The number of pyridine rings is 2. The second kappa shape index (κ2) is 7.47. The lowest BCUT2D eigenvalue weighted by molar-refractivity contribution is -0.116. The van der Waals surface area contributed by atoms with Crippen molar-refractivity contribution in [2.75, 3.05) is 11.9 Å². The highest BCUT2D eigenvalue weighted by molar-refractivity contribution is 6.00. The Labute approximate surface area is 134 Å². The Hall–Kier alpha value is -2.79. The molecule has 0 aliphatic rings. The predicted molar refractivity (Wildman–Crippen MR) is 90.9 cm³/mol. The van der Waals surface area contributed by atoms with Gasteiger partial charge in [-0.3, -0.25) is 14.8 Å². The van der Waals surface area contributed by atoms with Gasteiger partial charge in [0.25, 0.3) is 0 Å². The second-order valence-corrected chi connectivity index (χ2v) is 5.22. The van der Waals surface area contributed by atoms with E-state index < -0.39 is 0 Å². The van der Waals surface area contributed by atoms with Gasteiger partial charge in [0.1, 0.15) is 0 Å². The van der Waals surface area contributed by atoms with Gasteiger partial charge < -0.3 is 10.6 Å². The zero-order valence-electron chi connectivity index (χ0n) is 12.7. The van der Waals surface area contributed by atoms with Crippen molar-refractivity contribution in [2.45, 2.75) is 13.0 Å². The molecule has 3 aromatic rings. The Kier molecular flexibility index (Phi) is 4.91. The van der Waals surface area contributed by atoms with Crippen molar-refractivity contribution in [1.82, 2.24) is 15.3 Å². The molecular formula is C18H18N4O. The molecular weight excluding hydrogens is 288 g/mol. The third-order valence-corrected chi connectivity index (χ3v) is 3.49. The maximum Gasteiger partial charge on any atom is 0.225 e. The molecule has 0 aliphatic carbocycles. The third kappa shape index (κ3) is 4.11. The van der Waals surface area contributed by atoms with E-state index in [9.17, 15) is 4.79 Å². The highest BCUT2D eigenvalue weighted by atomic mass is 16.1. The van der Waals surface area contributed by atoms with Crippen LogP contribution in [0.25, 0.3) is 10.9 Å². The van der Waals surface area contributed by atoms with Crippen molar-refractivity contribution in [1.29, 1.82) is 0 Å². The van der Waals surface area contributed by atoms with Gasteiger partial charge in [0, 0.05) is 43.5 Å². The number of nitrogens with zero attached hydrogens (tertiary/aromatic N) is 2. The fourth-order valence-electron chi connectivity index (χ4n) is 2.36. The molecule has 0 fully saturated rings. The van der Waals surface area contributed by atoms with Gasteiger partial charge >= 0.3 is 0 Å². The summed E-state index contributed by atoms with van der Waals surface area (Å²) in [6, 6.07) is 13.5. The van der Waals surface area contributed by atoms with Gasteiger partial charge in [-0.25, -0.2) is 0 Å². The molecule has 0 aliphatic heterocycles. The Bertz CT molecular complexity index is 784. The van der Waals surface area contributed by atoms with Crippen LogP contribution in [0.4, 0.5) is 5.69 Å². The standard InChI is InChI=1S/C18H18N4O/c23-17(8-11-20-13-14-4-2-9-19-12-14)22-16-7-1-5-15-6-3-10-21-18(15)16/h1-7,9-10,12,20H,8,11,13H2,(H,22,23). The number of carbonyl (C=O) groups excluding carboxylic acids is 1. The van der Waals surface area contributed by atoms with E-state index in [1.807, 2.05) is 48.7 Å². The zero-order valence-corrected chi connectivity index (χ0v) is 12.7. The molecule has 116 valence electrons. The van der Waals surface area contributed by atoms with E-state index in [1.54, 1.807) is 12.4 Å². The molecule has 5 heteroatoms. The van der Waals surface area contributed by atoms with Crippen LogP contribution in [0.2, 0.25) is 0 Å². The first-order valence-corrected chi connectivity index (χ1v) is 7.56. The zero-order chi connectivity index (χ0) is 15.9. The summed E-state index contributed by atoms with van der Waals surface area (Å²) in [5.41, 5.74) is 2.66. The summed E-state index contributed by atoms with van der Waals surface area (Å²) in [5, 5.41) is 7.18. The first-order chi connectivity index (χ1) is 11.3. The number of hydrogen-bond acceptors (Lipinski definition) is 4. The minimum atomic E-state index is -0.0261. The predicted octanol–water partition coefficient (Wildman–Crippen LogP) is 2.75. The first kappa shape index (κ1) is 15.1. The average Bonchev–Trinajstić information content (AvgIpc) is 2.60. The number of carbonyl (C=O) groups is 1. The van der Waals surface area contributed by atoms with Crippen LogP contribution in [0.3, 0.4) is 0 Å². The van der Waals surface area contributed by atoms with E-state index in [2.05, 4.69) is 20.6 Å². The summed E-state index contributed by atoms with van der Waals surface area (Å²) in [5.74, 6) is -0.0261. The Morgan fingerprint density at radius 3 is 2.78 bits per heavy atom. The highest BCUT2D eigenvalue weighted by Crippen LogP contribution is 2.20. The molecule has 0 spiro atoms. The molecule has 0 saturated carbocycles. The summed E-state index contributed by atoms with van der Waals surface area (Å²) >= 11 is 0. The number of para-hydroxylation sites is 1. The monoisotopic (exact) mass is 306 g/mol. The quantitative estimate of drug-likeness (QED) is 0.687. The van der Waals surface area contributed by atoms with Gasteiger partial charge in [-0.1, -0.05) is 24.3 Å². The normalized spacial score (nSPS) is 10.6. The fraction of sp³-hybridized carbons (Fsp3) is 0.167. The molecule has 0 saturated heterocycles. The van der Waals surface area contributed by atoms with Gasteiger partial charge in [-0.15, -0.1) is 0 Å². The van der Waals surface area contributed by atoms with Gasteiger partial charge in [0.05, 0.1) is 11.2 Å². The molecule has 0 radical (unpaired) electrons. The van der Waals surface area contributed by atoms with Crippen molar-refractivity contribution < 1.29 is 4.79 Å². The number of anilines is 1. The van der Waals surface area contributed by atoms with Gasteiger partial charge in [-0.2, -0.15) is 0 Å². The van der Waals surface area contributed by atoms with E-state index in [-0.39, 0.29) is 5.91 Å². The topological polar surface area (TPSA) is 66.9 Å². The smallest absolute Gasteiger partial charge is 0.225 e. The number of rotatable bonds is 6. The molecule has 1 aromatic carbocycles. The molecule has 5 nitrogen and oxygen atoms in total. The summed E-state index contributed by atoms with van der Waals surface area (Å²) in [6.45, 7) is 1.32. The van der Waals surface area contributed by atoms with E-state index in [4.69, 9.17) is 0 Å². The number of fused-ring (bicyclic) bond motifs is 1. The summed E-state index contributed by atoms with van der Waals surface area (Å²) in [6.07, 6.45) is 5.70. The van der Waals surface area contributed by atoms with Crippen LogP contribution in [0.15, 0.2) is 61.1 Å². The molecule has 2 aromatic heterocycles. The number of amides is 1. The maximum absolute atomic E-state index is 12.1. The lowest BCUT2D eigenvalue weighted by atomic mass is 10.2. The minimum Gasteiger partial charge on any atom is -0.324 e. The SMILES string of the molecule is O=C(CCNCc1cccnc1)Nc1cccc2cccnc12. The lowest BCUT2D eigenvalue weighted by Crippen LogP contribution is -2.21. The van der Waals surface area contributed by atoms with Crippen molar-refractivity contribution in [3.05, 3.63) is 66.6 Å². The molecule has 0 atom stereocenters. The largest absolute Gasteiger partial charge is 0.324 e. The van der Waals surface area contributed by atoms with Crippen LogP contribution >= 0.6 is 0 Å². The summed E-state index contributed by atoms with van der Waals surface area (Å²) < 4.78 is 0. The minimum absolute atomic E-state index is 0.0261. The Morgan fingerprint density at radius 1 is 1.04 bits per heavy atom. The third-order valence-electron chi connectivity index (χ3n) is 3.49. The van der Waals surface area contributed by atoms with Crippen LogP contribution in [0.1, 0.15) is 12.0 Å². The van der Waals surface area contributed by atoms with E-state index in [0.29, 0.717) is 19.5 Å². The first-order valence-electron chi connectivity index (χ1n) is 7.56. The number of aromatic nitrogens is 2. The highest BCUT2D eigenvalue weighted by Gasteiger charge is 2.06. The van der Waals surface area contributed by atoms with Gasteiger partial charge in [0.15, 0.2) is 0 Å². The van der Waals surface area contributed by atoms with Crippen molar-refractivity contribution in [2.24, 2.45) is 0 Å². The summed E-state index contributed by atoms with van der Waals surface area (Å²) in [7, 11) is 0. The molecule has 0 unspecified atom stereocenters. The van der Waals surface area contributed by atoms with Gasteiger partial charge in [-0.05, 0) is 23.8 Å². The molecule has 1 amide bonds. The fourth-order valence-corrected chi connectivity index (χ4v) is 2.36. The number of benzene rings is 1. The van der Waals surface area contributed by atoms with Crippen molar-refractivity contribution >= 4 is 22.5 Å². The Morgan fingerprint density at radius 2 is 1.91 bits per heavy atom. The van der Waals surface area contributed by atoms with E-state index in [0.717, 1.165) is 22.2 Å². The second-order valence-electron chi connectivity index (χ2n) is 5.22. The maximum atomic E-state index is 12.1. The van der Waals surface area contributed by atoms with Crippen LogP contribution in [-0.4, -0.2) is 22.4 Å². The van der Waals surface area contributed by atoms with E-state index in [1.165, 1.54) is 0 Å². The van der Waals surface area contributed by atoms with Crippen LogP contribution < -0.4 is 10.6 Å². The molecule has 3 rings (SSSR count). The average molecular weight is 306 g/mol. The van der Waals surface area contributed by atoms with Gasteiger partial charge in [0.2, 0.25) is 5.91 Å². The van der Waals surface area contributed by atoms with Crippen LogP contribution in [0, 0.1) is 0 Å².